The average molecular weight is 238 g/mol. The SMILES string of the molecule is CC1CCC(N(CCCN)C2CCCC2)CC1. The molecule has 0 aromatic rings. The molecule has 0 bridgehead atoms. The second-order valence-electron chi connectivity index (χ2n) is 6.23. The Morgan fingerprint density at radius 2 is 1.53 bits per heavy atom. The molecule has 0 atom stereocenters. The van der Waals surface area contributed by atoms with Crippen molar-refractivity contribution in [3.8, 4) is 0 Å². The highest BCUT2D eigenvalue weighted by Crippen LogP contribution is 2.32. The van der Waals surface area contributed by atoms with Gasteiger partial charge in [-0.2, -0.15) is 0 Å². The van der Waals surface area contributed by atoms with Gasteiger partial charge in [0.15, 0.2) is 0 Å². The molecule has 0 aromatic carbocycles. The summed E-state index contributed by atoms with van der Waals surface area (Å²) < 4.78 is 0. The minimum Gasteiger partial charge on any atom is -0.330 e. The molecule has 0 aliphatic heterocycles. The summed E-state index contributed by atoms with van der Waals surface area (Å²) in [5.41, 5.74) is 5.70. The molecule has 0 amide bonds. The van der Waals surface area contributed by atoms with E-state index in [9.17, 15) is 0 Å². The van der Waals surface area contributed by atoms with Gasteiger partial charge >= 0.3 is 0 Å². The van der Waals surface area contributed by atoms with Crippen LogP contribution < -0.4 is 5.73 Å². The van der Waals surface area contributed by atoms with Crippen molar-refractivity contribution in [2.45, 2.75) is 76.8 Å². The summed E-state index contributed by atoms with van der Waals surface area (Å²) in [7, 11) is 0. The van der Waals surface area contributed by atoms with Gasteiger partial charge in [0.05, 0.1) is 0 Å². The number of nitrogens with zero attached hydrogens (tertiary/aromatic N) is 1. The molecule has 0 radical (unpaired) electrons. The zero-order valence-corrected chi connectivity index (χ0v) is 11.5. The van der Waals surface area contributed by atoms with Crippen LogP contribution in [0, 0.1) is 5.92 Å². The normalized spacial score (nSPS) is 31.2. The molecule has 2 N–H and O–H groups in total. The molecule has 2 nitrogen and oxygen atoms in total. The molecule has 0 aromatic heterocycles. The number of hydrogen-bond donors (Lipinski definition) is 1. The number of rotatable bonds is 5. The van der Waals surface area contributed by atoms with Crippen LogP contribution in [0.15, 0.2) is 0 Å². The first-order valence-corrected chi connectivity index (χ1v) is 7.77. The lowest BCUT2D eigenvalue weighted by molar-refractivity contribution is 0.0941. The van der Waals surface area contributed by atoms with Crippen LogP contribution in [0.3, 0.4) is 0 Å². The van der Waals surface area contributed by atoms with Crippen molar-refractivity contribution >= 4 is 0 Å². The zero-order valence-electron chi connectivity index (χ0n) is 11.5. The van der Waals surface area contributed by atoms with Gasteiger partial charge in [0.25, 0.3) is 0 Å². The van der Waals surface area contributed by atoms with Crippen molar-refractivity contribution in [3.05, 3.63) is 0 Å². The van der Waals surface area contributed by atoms with Gasteiger partial charge in [-0.15, -0.1) is 0 Å². The topological polar surface area (TPSA) is 29.3 Å². The maximum Gasteiger partial charge on any atom is 0.00984 e. The van der Waals surface area contributed by atoms with E-state index in [1.807, 2.05) is 0 Å². The highest BCUT2D eigenvalue weighted by Gasteiger charge is 2.30. The summed E-state index contributed by atoms with van der Waals surface area (Å²) in [6.07, 6.45) is 12.7. The third-order valence-corrected chi connectivity index (χ3v) is 4.87. The van der Waals surface area contributed by atoms with E-state index in [-0.39, 0.29) is 0 Å². The molecule has 0 spiro atoms. The van der Waals surface area contributed by atoms with Crippen LogP contribution in [0.1, 0.15) is 64.7 Å². The van der Waals surface area contributed by atoms with Crippen molar-refractivity contribution in [1.82, 2.24) is 4.90 Å². The fourth-order valence-electron chi connectivity index (χ4n) is 3.75. The van der Waals surface area contributed by atoms with Crippen molar-refractivity contribution in [1.29, 1.82) is 0 Å². The van der Waals surface area contributed by atoms with Gasteiger partial charge in [-0.05, 0) is 64.0 Å². The molecule has 2 saturated carbocycles. The van der Waals surface area contributed by atoms with E-state index in [4.69, 9.17) is 5.73 Å². The minimum atomic E-state index is 0.854. The molecule has 0 saturated heterocycles. The fraction of sp³-hybridized carbons (Fsp3) is 1.00. The summed E-state index contributed by atoms with van der Waals surface area (Å²) in [5, 5.41) is 0. The fourth-order valence-corrected chi connectivity index (χ4v) is 3.75. The van der Waals surface area contributed by atoms with Gasteiger partial charge in [0, 0.05) is 12.1 Å². The summed E-state index contributed by atoms with van der Waals surface area (Å²) in [6, 6.07) is 1.76. The Kier molecular flexibility index (Phi) is 5.30. The molecule has 2 rings (SSSR count). The van der Waals surface area contributed by atoms with Crippen molar-refractivity contribution in [3.63, 3.8) is 0 Å². The van der Waals surface area contributed by atoms with Crippen LogP contribution in [-0.4, -0.2) is 30.1 Å². The Bertz CT molecular complexity index is 203. The van der Waals surface area contributed by atoms with Gasteiger partial charge < -0.3 is 5.73 Å². The molecule has 100 valence electrons. The minimum absolute atomic E-state index is 0.854. The first-order valence-electron chi connectivity index (χ1n) is 7.77. The average Bonchev–Trinajstić information content (AvgIpc) is 2.85. The van der Waals surface area contributed by atoms with Gasteiger partial charge in [-0.25, -0.2) is 0 Å². The lowest BCUT2D eigenvalue weighted by Crippen LogP contribution is -2.44. The Labute approximate surface area is 107 Å². The Hall–Kier alpha value is -0.0800. The molecule has 2 fully saturated rings. The lowest BCUT2D eigenvalue weighted by atomic mass is 9.86. The second-order valence-corrected chi connectivity index (χ2v) is 6.23. The number of hydrogen-bond acceptors (Lipinski definition) is 2. The third-order valence-electron chi connectivity index (χ3n) is 4.87. The van der Waals surface area contributed by atoms with Gasteiger partial charge in [0.1, 0.15) is 0 Å². The summed E-state index contributed by atoms with van der Waals surface area (Å²) in [5.74, 6) is 0.964. The third kappa shape index (κ3) is 3.69. The standard InChI is InChI=1S/C15H30N2/c1-13-7-9-15(10-8-13)17(12-4-11-16)14-5-2-3-6-14/h13-15H,2-12,16H2,1H3. The molecule has 17 heavy (non-hydrogen) atoms. The summed E-state index contributed by atoms with van der Waals surface area (Å²) in [4.78, 5) is 2.84. The Morgan fingerprint density at radius 3 is 2.12 bits per heavy atom. The van der Waals surface area contributed by atoms with E-state index >= 15 is 0 Å². The first-order chi connectivity index (χ1) is 8.31. The van der Waals surface area contributed by atoms with Gasteiger partial charge in [-0.1, -0.05) is 19.8 Å². The van der Waals surface area contributed by atoms with Crippen LogP contribution in [0.25, 0.3) is 0 Å². The van der Waals surface area contributed by atoms with Crippen LogP contribution in [0.5, 0.6) is 0 Å². The van der Waals surface area contributed by atoms with Crippen LogP contribution in [0.2, 0.25) is 0 Å². The molecular weight excluding hydrogens is 208 g/mol. The number of nitrogens with two attached hydrogens (primary N) is 1. The van der Waals surface area contributed by atoms with E-state index in [1.54, 1.807) is 0 Å². The van der Waals surface area contributed by atoms with Crippen molar-refractivity contribution in [2.75, 3.05) is 13.1 Å². The Morgan fingerprint density at radius 1 is 0.941 bits per heavy atom. The first kappa shape index (κ1) is 13.4. The lowest BCUT2D eigenvalue weighted by Gasteiger charge is -2.40. The van der Waals surface area contributed by atoms with E-state index < -0.39 is 0 Å². The predicted octanol–water partition coefficient (Wildman–Crippen LogP) is 3.16. The largest absolute Gasteiger partial charge is 0.330 e. The molecule has 0 unspecified atom stereocenters. The van der Waals surface area contributed by atoms with Gasteiger partial charge in [0.2, 0.25) is 0 Å². The monoisotopic (exact) mass is 238 g/mol. The van der Waals surface area contributed by atoms with Gasteiger partial charge in [-0.3, -0.25) is 4.90 Å². The highest BCUT2D eigenvalue weighted by molar-refractivity contribution is 4.85. The predicted molar refractivity (Wildman–Crippen MR) is 74.1 cm³/mol. The maximum absolute atomic E-state index is 5.70. The van der Waals surface area contributed by atoms with Crippen LogP contribution in [0.4, 0.5) is 0 Å². The van der Waals surface area contributed by atoms with E-state index in [2.05, 4.69) is 11.8 Å². The van der Waals surface area contributed by atoms with E-state index in [0.717, 1.165) is 24.5 Å². The molecule has 2 aliphatic carbocycles. The quantitative estimate of drug-likeness (QED) is 0.797. The van der Waals surface area contributed by atoms with Crippen LogP contribution in [-0.2, 0) is 0 Å². The highest BCUT2D eigenvalue weighted by atomic mass is 15.2. The van der Waals surface area contributed by atoms with Crippen molar-refractivity contribution < 1.29 is 0 Å². The maximum atomic E-state index is 5.70. The van der Waals surface area contributed by atoms with Crippen LogP contribution >= 0.6 is 0 Å². The summed E-state index contributed by atoms with van der Waals surface area (Å²) in [6.45, 7) is 4.52. The molecule has 0 heterocycles. The molecular formula is C15H30N2. The van der Waals surface area contributed by atoms with E-state index in [1.165, 1.54) is 64.3 Å². The smallest absolute Gasteiger partial charge is 0.00984 e. The molecule has 2 aliphatic rings. The Balaban J connectivity index is 1.89. The van der Waals surface area contributed by atoms with Crippen molar-refractivity contribution in [2.24, 2.45) is 11.7 Å². The second kappa shape index (κ2) is 6.75. The summed E-state index contributed by atoms with van der Waals surface area (Å²) >= 11 is 0. The van der Waals surface area contributed by atoms with E-state index in [0.29, 0.717) is 0 Å². The zero-order chi connectivity index (χ0) is 12.1. The molecule has 2 heteroatoms.